The van der Waals surface area contributed by atoms with E-state index < -0.39 is 0 Å². The molecule has 1 heterocycles. The van der Waals surface area contributed by atoms with E-state index in [0.29, 0.717) is 5.56 Å². The van der Waals surface area contributed by atoms with Crippen molar-refractivity contribution >= 4 is 28.5 Å². The molecule has 5 heteroatoms. The number of nitrogens with two attached hydrogens (primary N) is 1. The van der Waals surface area contributed by atoms with Gasteiger partial charge in [0.15, 0.2) is 0 Å². The number of anilines is 1. The van der Waals surface area contributed by atoms with Crippen molar-refractivity contribution in [2.24, 2.45) is 0 Å². The summed E-state index contributed by atoms with van der Waals surface area (Å²) in [6.07, 6.45) is 0. The van der Waals surface area contributed by atoms with Crippen molar-refractivity contribution in [1.82, 2.24) is 9.97 Å². The third kappa shape index (κ3) is 2.36. The molecule has 17 heavy (non-hydrogen) atoms. The number of nitrogens with zero attached hydrogens (tertiary/aromatic N) is 3. The Balaban J connectivity index is 2.64. The quantitative estimate of drug-likeness (QED) is 0.812. The van der Waals surface area contributed by atoms with E-state index >= 15 is 0 Å². The van der Waals surface area contributed by atoms with Gasteiger partial charge in [-0.2, -0.15) is 5.26 Å². The van der Waals surface area contributed by atoms with E-state index in [2.05, 4.69) is 38.6 Å². The number of nitrogen functional groups attached to an aromatic ring is 1. The number of hydrogen-bond donors (Lipinski definition) is 1. The molecule has 0 spiro atoms. The van der Waals surface area contributed by atoms with Crippen molar-refractivity contribution in [3.63, 3.8) is 0 Å². The van der Waals surface area contributed by atoms with Crippen LogP contribution in [-0.4, -0.2) is 9.97 Å². The smallest absolute Gasteiger partial charge is 0.220 e. The molecule has 2 rings (SSSR count). The first kappa shape index (κ1) is 11.8. The Bertz CT molecular complexity index is 616. The number of benzene rings is 1. The van der Waals surface area contributed by atoms with Crippen LogP contribution in [0.25, 0.3) is 11.3 Å². The molecule has 0 aliphatic carbocycles. The molecule has 0 saturated carbocycles. The van der Waals surface area contributed by atoms with Crippen LogP contribution in [0, 0.1) is 21.8 Å². The van der Waals surface area contributed by atoms with Crippen molar-refractivity contribution in [3.8, 4) is 17.3 Å². The maximum atomic E-state index is 8.88. The summed E-state index contributed by atoms with van der Waals surface area (Å²) in [5.41, 5.74) is 8.74. The minimum atomic E-state index is 0.250. The molecule has 0 unspecified atom stereocenters. The van der Waals surface area contributed by atoms with Crippen LogP contribution in [0.3, 0.4) is 0 Å². The summed E-state index contributed by atoms with van der Waals surface area (Å²) in [6.45, 7) is 1.89. The fourth-order valence-electron chi connectivity index (χ4n) is 1.51. The summed E-state index contributed by atoms with van der Waals surface area (Å²) in [7, 11) is 0. The predicted molar refractivity (Wildman–Crippen MR) is 74.0 cm³/mol. The molecule has 0 aliphatic rings. The van der Waals surface area contributed by atoms with Gasteiger partial charge in [-0.15, -0.1) is 0 Å². The van der Waals surface area contributed by atoms with Gasteiger partial charge in [-0.05, 0) is 41.6 Å². The molecule has 2 N–H and O–H groups in total. The van der Waals surface area contributed by atoms with Crippen LogP contribution in [0.15, 0.2) is 24.3 Å². The standard InChI is InChI=1S/C12H9IN4/c1-7-10(13)11(17-12(15)16-7)9-4-2-3-8(5-9)6-14/h2-5H,1H3,(H2,15,16,17). The zero-order valence-electron chi connectivity index (χ0n) is 9.11. The summed E-state index contributed by atoms with van der Waals surface area (Å²) in [4.78, 5) is 8.33. The zero-order chi connectivity index (χ0) is 12.4. The molecule has 0 atom stereocenters. The number of hydrogen-bond acceptors (Lipinski definition) is 4. The van der Waals surface area contributed by atoms with Crippen molar-refractivity contribution in [1.29, 1.82) is 5.26 Å². The molecule has 0 bridgehead atoms. The molecular weight excluding hydrogens is 327 g/mol. The monoisotopic (exact) mass is 336 g/mol. The minimum absolute atomic E-state index is 0.250. The van der Waals surface area contributed by atoms with Gasteiger partial charge in [0, 0.05) is 5.56 Å². The first-order valence-corrected chi connectivity index (χ1v) is 6.00. The topological polar surface area (TPSA) is 75.6 Å². The van der Waals surface area contributed by atoms with Gasteiger partial charge >= 0.3 is 0 Å². The zero-order valence-corrected chi connectivity index (χ0v) is 11.3. The Morgan fingerprint density at radius 1 is 1.35 bits per heavy atom. The largest absolute Gasteiger partial charge is 0.368 e. The average Bonchev–Trinajstić information content (AvgIpc) is 2.34. The van der Waals surface area contributed by atoms with E-state index in [-0.39, 0.29) is 5.95 Å². The third-order valence-corrected chi connectivity index (χ3v) is 3.59. The Kier molecular flexibility index (Phi) is 3.24. The summed E-state index contributed by atoms with van der Waals surface area (Å²) < 4.78 is 0.951. The lowest BCUT2D eigenvalue weighted by Gasteiger charge is -2.07. The van der Waals surface area contributed by atoms with Gasteiger partial charge in [0.05, 0.1) is 26.6 Å². The lowest BCUT2D eigenvalue weighted by atomic mass is 10.1. The van der Waals surface area contributed by atoms with E-state index in [4.69, 9.17) is 11.0 Å². The van der Waals surface area contributed by atoms with E-state index in [9.17, 15) is 0 Å². The Morgan fingerprint density at radius 3 is 2.82 bits per heavy atom. The van der Waals surface area contributed by atoms with Gasteiger partial charge in [0.1, 0.15) is 0 Å². The van der Waals surface area contributed by atoms with Crippen LogP contribution in [0.1, 0.15) is 11.3 Å². The molecule has 0 radical (unpaired) electrons. The van der Waals surface area contributed by atoms with Gasteiger partial charge in [-0.3, -0.25) is 0 Å². The minimum Gasteiger partial charge on any atom is -0.368 e. The van der Waals surface area contributed by atoms with E-state index in [0.717, 1.165) is 20.5 Å². The number of rotatable bonds is 1. The van der Waals surface area contributed by atoms with Gasteiger partial charge < -0.3 is 5.73 Å². The fourth-order valence-corrected chi connectivity index (χ4v) is 2.06. The van der Waals surface area contributed by atoms with Gasteiger partial charge in [0.2, 0.25) is 5.95 Å². The Morgan fingerprint density at radius 2 is 2.12 bits per heavy atom. The Hall–Kier alpha value is -1.68. The second kappa shape index (κ2) is 4.67. The highest BCUT2D eigenvalue weighted by molar-refractivity contribution is 14.1. The molecule has 4 nitrogen and oxygen atoms in total. The summed E-state index contributed by atoms with van der Waals surface area (Å²) in [6, 6.07) is 9.40. The van der Waals surface area contributed by atoms with Crippen molar-refractivity contribution in [2.75, 3.05) is 5.73 Å². The van der Waals surface area contributed by atoms with Crippen LogP contribution < -0.4 is 5.73 Å². The summed E-state index contributed by atoms with van der Waals surface area (Å²) in [5.74, 6) is 0.250. The maximum absolute atomic E-state index is 8.88. The SMILES string of the molecule is Cc1nc(N)nc(-c2cccc(C#N)c2)c1I. The van der Waals surface area contributed by atoms with Crippen LogP contribution >= 0.6 is 22.6 Å². The lowest BCUT2D eigenvalue weighted by molar-refractivity contribution is 1.10. The summed E-state index contributed by atoms with van der Waals surface area (Å²) in [5, 5.41) is 8.88. The number of nitriles is 1. The highest BCUT2D eigenvalue weighted by Crippen LogP contribution is 2.26. The molecule has 84 valence electrons. The highest BCUT2D eigenvalue weighted by Gasteiger charge is 2.10. The first-order valence-electron chi connectivity index (χ1n) is 4.92. The second-order valence-corrected chi connectivity index (χ2v) is 4.60. The first-order chi connectivity index (χ1) is 8.11. The van der Waals surface area contributed by atoms with Crippen molar-refractivity contribution < 1.29 is 0 Å². The fraction of sp³-hybridized carbons (Fsp3) is 0.0833. The van der Waals surface area contributed by atoms with Gasteiger partial charge in [-0.1, -0.05) is 12.1 Å². The lowest BCUT2D eigenvalue weighted by Crippen LogP contribution is -2.02. The normalized spacial score (nSPS) is 9.94. The second-order valence-electron chi connectivity index (χ2n) is 3.52. The average molecular weight is 336 g/mol. The number of halogens is 1. The molecule has 2 aromatic rings. The van der Waals surface area contributed by atoms with E-state index in [1.54, 1.807) is 12.1 Å². The van der Waals surface area contributed by atoms with Crippen LogP contribution in [0.5, 0.6) is 0 Å². The number of aryl methyl sites for hydroxylation is 1. The van der Waals surface area contributed by atoms with Crippen LogP contribution in [-0.2, 0) is 0 Å². The van der Waals surface area contributed by atoms with Gasteiger partial charge in [-0.25, -0.2) is 9.97 Å². The van der Waals surface area contributed by atoms with Crippen LogP contribution in [0.2, 0.25) is 0 Å². The Labute approximate surface area is 113 Å². The van der Waals surface area contributed by atoms with E-state index in [1.807, 2.05) is 19.1 Å². The molecule has 1 aromatic carbocycles. The maximum Gasteiger partial charge on any atom is 0.220 e. The highest BCUT2D eigenvalue weighted by atomic mass is 127. The van der Waals surface area contributed by atoms with Gasteiger partial charge in [0.25, 0.3) is 0 Å². The molecular formula is C12H9IN4. The van der Waals surface area contributed by atoms with Crippen molar-refractivity contribution in [3.05, 3.63) is 39.1 Å². The summed E-state index contributed by atoms with van der Waals surface area (Å²) >= 11 is 2.19. The molecule has 0 fully saturated rings. The van der Waals surface area contributed by atoms with Crippen molar-refractivity contribution in [2.45, 2.75) is 6.92 Å². The molecule has 0 amide bonds. The third-order valence-electron chi connectivity index (χ3n) is 2.30. The predicted octanol–water partition coefficient (Wildman–Crippen LogP) is 2.51. The number of aromatic nitrogens is 2. The molecule has 0 saturated heterocycles. The van der Waals surface area contributed by atoms with Crippen LogP contribution in [0.4, 0.5) is 5.95 Å². The molecule has 1 aromatic heterocycles. The molecule has 0 aliphatic heterocycles. The van der Waals surface area contributed by atoms with E-state index in [1.165, 1.54) is 0 Å².